The van der Waals surface area contributed by atoms with Gasteiger partial charge in [0.05, 0.1) is 18.7 Å². The summed E-state index contributed by atoms with van der Waals surface area (Å²) in [6, 6.07) is 18.2. The van der Waals surface area contributed by atoms with Gasteiger partial charge < -0.3 is 30.1 Å². The highest BCUT2D eigenvalue weighted by Crippen LogP contribution is 2.34. The minimum absolute atomic E-state index is 0.0871. The molecular formula is C40H50N4O7S. The van der Waals surface area contributed by atoms with Crippen molar-refractivity contribution in [1.29, 1.82) is 0 Å². The number of benzene rings is 3. The smallest absolute Gasteiger partial charge is 0.408 e. The van der Waals surface area contributed by atoms with Gasteiger partial charge in [0.1, 0.15) is 17.9 Å². The zero-order valence-electron chi connectivity index (χ0n) is 30.9. The molecule has 0 spiro atoms. The lowest BCUT2D eigenvalue weighted by Crippen LogP contribution is -2.63. The molecule has 4 unspecified atom stereocenters. The molecule has 0 saturated heterocycles. The highest BCUT2D eigenvalue weighted by molar-refractivity contribution is 8.00. The van der Waals surface area contributed by atoms with E-state index in [1.165, 1.54) is 36.6 Å². The Morgan fingerprint density at radius 2 is 1.62 bits per heavy atom. The van der Waals surface area contributed by atoms with Crippen LogP contribution >= 0.6 is 11.8 Å². The summed E-state index contributed by atoms with van der Waals surface area (Å²) in [4.78, 5) is 54.5. The first-order valence-electron chi connectivity index (χ1n) is 17.6. The Hall–Kier alpha value is -4.39. The van der Waals surface area contributed by atoms with E-state index in [-0.39, 0.29) is 24.4 Å². The Morgan fingerprint density at radius 3 is 2.29 bits per heavy atom. The van der Waals surface area contributed by atoms with E-state index in [4.69, 9.17) is 9.47 Å². The Balaban J connectivity index is 1.45. The van der Waals surface area contributed by atoms with E-state index < -0.39 is 40.7 Å². The Kier molecular flexibility index (Phi) is 12.0. The van der Waals surface area contributed by atoms with Crippen molar-refractivity contribution in [3.63, 3.8) is 0 Å². The number of carbonyl (C=O) groups excluding carboxylic acids is 4. The van der Waals surface area contributed by atoms with Gasteiger partial charge in [-0.05, 0) is 125 Å². The normalized spacial score (nSPS) is 18.3. The fraction of sp³-hybridized carbons (Fsp3) is 0.450. The standard InChI is InChI=1S/C40H50N4O7S/c1-39(2,3)51-38(49)43-33(40(4,5)52-7)36(47)44-23-28-21-29(41-34(45)25-15-17-26(18-16-25)37(48)50-6)20-19-27(28)22-32(44)35(46)42-31-14-10-12-24-11-8-9-13-30(24)31/h8-9,11,13,15-21,31-33,35,42,46H,10,12,14,22-23H2,1-7H3,(H,41,45)(H,43,49). The molecule has 11 nitrogen and oxygen atoms in total. The number of alkyl carbamates (subject to hydrolysis) is 1. The van der Waals surface area contributed by atoms with E-state index in [1.54, 1.807) is 43.9 Å². The third kappa shape index (κ3) is 9.15. The first kappa shape index (κ1) is 38.8. The number of nitrogens with zero attached hydrogens (tertiary/aromatic N) is 1. The van der Waals surface area contributed by atoms with Gasteiger partial charge in [0.2, 0.25) is 5.91 Å². The first-order chi connectivity index (χ1) is 24.6. The number of hydrogen-bond donors (Lipinski definition) is 4. The second-order valence-electron chi connectivity index (χ2n) is 14.9. The van der Waals surface area contributed by atoms with Crippen molar-refractivity contribution in [1.82, 2.24) is 15.5 Å². The number of fused-ring (bicyclic) bond motifs is 2. The van der Waals surface area contributed by atoms with E-state index in [2.05, 4.69) is 28.1 Å². The van der Waals surface area contributed by atoms with Gasteiger partial charge in [-0.1, -0.05) is 30.3 Å². The molecule has 0 radical (unpaired) electrons. The van der Waals surface area contributed by atoms with Gasteiger partial charge in [-0.25, -0.2) is 9.59 Å². The molecule has 2 aliphatic rings. The van der Waals surface area contributed by atoms with Gasteiger partial charge in [-0.2, -0.15) is 11.8 Å². The maximum atomic E-state index is 14.8. The number of hydrogen-bond acceptors (Lipinski definition) is 9. The molecule has 3 aromatic rings. The predicted molar refractivity (Wildman–Crippen MR) is 202 cm³/mol. The fourth-order valence-electron chi connectivity index (χ4n) is 6.77. The Labute approximate surface area is 310 Å². The lowest BCUT2D eigenvalue weighted by Gasteiger charge is -2.44. The van der Waals surface area contributed by atoms with Gasteiger partial charge in [-0.15, -0.1) is 0 Å². The number of thioether (sulfide) groups is 1. The van der Waals surface area contributed by atoms with Gasteiger partial charge >= 0.3 is 12.1 Å². The van der Waals surface area contributed by atoms with Gasteiger partial charge in [0, 0.05) is 28.6 Å². The molecule has 4 atom stereocenters. The highest BCUT2D eigenvalue weighted by atomic mass is 32.2. The molecule has 3 aromatic carbocycles. The van der Waals surface area contributed by atoms with Crippen molar-refractivity contribution in [2.45, 2.75) is 102 Å². The Morgan fingerprint density at radius 1 is 0.923 bits per heavy atom. The molecule has 4 N–H and O–H groups in total. The van der Waals surface area contributed by atoms with E-state index in [0.717, 1.165) is 36.0 Å². The number of aryl methyl sites for hydroxylation is 1. The number of methoxy groups -OCH3 is 1. The molecule has 12 heteroatoms. The summed E-state index contributed by atoms with van der Waals surface area (Å²) in [5, 5.41) is 21.2. The third-order valence-electron chi connectivity index (χ3n) is 9.72. The van der Waals surface area contributed by atoms with Crippen molar-refractivity contribution in [2.24, 2.45) is 0 Å². The van der Waals surface area contributed by atoms with E-state index in [0.29, 0.717) is 23.2 Å². The number of ether oxygens (including phenoxy) is 2. The van der Waals surface area contributed by atoms with Crippen LogP contribution in [0, 0.1) is 0 Å². The summed E-state index contributed by atoms with van der Waals surface area (Å²) in [6.45, 7) is 9.21. The summed E-state index contributed by atoms with van der Waals surface area (Å²) in [5.41, 5.74) is 4.58. The quantitative estimate of drug-likeness (QED) is 0.146. The molecule has 5 rings (SSSR count). The summed E-state index contributed by atoms with van der Waals surface area (Å²) >= 11 is 1.45. The van der Waals surface area contributed by atoms with Crippen LogP contribution in [-0.2, 0) is 33.7 Å². The topological polar surface area (TPSA) is 146 Å². The summed E-state index contributed by atoms with van der Waals surface area (Å²) in [7, 11) is 1.30. The maximum absolute atomic E-state index is 14.8. The van der Waals surface area contributed by atoms with E-state index >= 15 is 0 Å². The fourth-order valence-corrected chi connectivity index (χ4v) is 7.17. The van der Waals surface area contributed by atoms with Crippen molar-refractivity contribution < 1.29 is 33.8 Å². The van der Waals surface area contributed by atoms with Crippen LogP contribution in [-0.4, -0.2) is 75.9 Å². The number of rotatable bonds is 10. The minimum Gasteiger partial charge on any atom is -0.465 e. The second-order valence-corrected chi connectivity index (χ2v) is 16.3. The molecule has 1 heterocycles. The molecule has 278 valence electrons. The highest BCUT2D eigenvalue weighted by Gasteiger charge is 2.44. The molecule has 52 heavy (non-hydrogen) atoms. The van der Waals surface area contributed by atoms with Crippen LogP contribution in [0.5, 0.6) is 0 Å². The van der Waals surface area contributed by atoms with Crippen LogP contribution in [0.3, 0.4) is 0 Å². The van der Waals surface area contributed by atoms with Crippen molar-refractivity contribution in [3.05, 3.63) is 100 Å². The molecule has 0 fully saturated rings. The number of esters is 1. The van der Waals surface area contributed by atoms with Crippen LogP contribution in [0.15, 0.2) is 66.7 Å². The summed E-state index contributed by atoms with van der Waals surface area (Å²) < 4.78 is 9.58. The third-order valence-corrected chi connectivity index (χ3v) is 11.0. The van der Waals surface area contributed by atoms with Crippen molar-refractivity contribution >= 4 is 41.3 Å². The zero-order chi connectivity index (χ0) is 37.8. The average Bonchev–Trinajstić information content (AvgIpc) is 3.12. The first-order valence-corrected chi connectivity index (χ1v) is 18.8. The predicted octanol–water partition coefficient (Wildman–Crippen LogP) is 6.00. The van der Waals surface area contributed by atoms with Gasteiger partial charge in [0.15, 0.2) is 0 Å². The number of carbonyl (C=O) groups is 4. The lowest BCUT2D eigenvalue weighted by atomic mass is 9.86. The lowest BCUT2D eigenvalue weighted by molar-refractivity contribution is -0.141. The molecule has 0 aromatic heterocycles. The zero-order valence-corrected chi connectivity index (χ0v) is 31.8. The second kappa shape index (κ2) is 16.1. The van der Waals surface area contributed by atoms with Crippen LogP contribution < -0.4 is 16.0 Å². The maximum Gasteiger partial charge on any atom is 0.408 e. The number of amides is 3. The summed E-state index contributed by atoms with van der Waals surface area (Å²) in [6.07, 6.45) is 3.24. The van der Waals surface area contributed by atoms with Crippen LogP contribution in [0.4, 0.5) is 10.5 Å². The monoisotopic (exact) mass is 730 g/mol. The SMILES string of the molecule is COC(=O)c1ccc(C(=O)Nc2ccc3c(c2)CN(C(=O)C(NC(=O)OC(C)(C)C)C(C)(C)SC)C(C(O)NC2CCCc4ccccc42)C3)cc1. The molecule has 1 aliphatic heterocycles. The van der Waals surface area contributed by atoms with Gasteiger partial charge in [-0.3, -0.25) is 14.9 Å². The summed E-state index contributed by atoms with van der Waals surface area (Å²) in [5.74, 6) is -1.22. The number of anilines is 1. The number of aliphatic hydroxyl groups excluding tert-OH is 1. The van der Waals surface area contributed by atoms with Crippen molar-refractivity contribution in [3.8, 4) is 0 Å². The molecule has 0 saturated carbocycles. The van der Waals surface area contributed by atoms with Gasteiger partial charge in [0.25, 0.3) is 5.91 Å². The van der Waals surface area contributed by atoms with Crippen LogP contribution in [0.1, 0.15) is 96.5 Å². The molecule has 3 amide bonds. The molecule has 0 bridgehead atoms. The van der Waals surface area contributed by atoms with Crippen LogP contribution in [0.25, 0.3) is 0 Å². The van der Waals surface area contributed by atoms with Crippen LogP contribution in [0.2, 0.25) is 0 Å². The number of aliphatic hydroxyl groups is 1. The van der Waals surface area contributed by atoms with Crippen molar-refractivity contribution in [2.75, 3.05) is 18.7 Å². The number of nitrogens with one attached hydrogen (secondary N) is 3. The molecular weight excluding hydrogens is 681 g/mol. The van der Waals surface area contributed by atoms with E-state index in [9.17, 15) is 24.3 Å². The molecule has 1 aliphatic carbocycles. The average molecular weight is 731 g/mol. The minimum atomic E-state index is -1.08. The van der Waals surface area contributed by atoms with E-state index in [1.807, 2.05) is 44.4 Å². The Bertz CT molecular complexity index is 1790. The largest absolute Gasteiger partial charge is 0.465 e.